The third-order valence-corrected chi connectivity index (χ3v) is 3.81. The van der Waals surface area contributed by atoms with Crippen LogP contribution in [0.5, 0.6) is 5.75 Å². The molecule has 128 valence electrons. The van der Waals surface area contributed by atoms with Crippen LogP contribution in [-0.2, 0) is 0 Å². The lowest BCUT2D eigenvalue weighted by molar-refractivity contribution is -0.0521. The van der Waals surface area contributed by atoms with Crippen molar-refractivity contribution in [3.05, 3.63) is 77.9 Å². The highest BCUT2D eigenvalue weighted by Gasteiger charge is 2.13. The molecule has 0 bridgehead atoms. The summed E-state index contributed by atoms with van der Waals surface area (Å²) in [4.78, 5) is 0. The second kappa shape index (κ2) is 6.97. The van der Waals surface area contributed by atoms with Crippen LogP contribution in [0.1, 0.15) is 5.56 Å². The van der Waals surface area contributed by atoms with Gasteiger partial charge in [0.2, 0.25) is 0 Å². The zero-order chi connectivity index (χ0) is 18.0. The Labute approximate surface area is 142 Å². The van der Waals surface area contributed by atoms with Crippen LogP contribution in [0.2, 0.25) is 0 Å². The summed E-state index contributed by atoms with van der Waals surface area (Å²) >= 11 is 0. The first kappa shape index (κ1) is 17.0. The van der Waals surface area contributed by atoms with Crippen LogP contribution in [0.3, 0.4) is 0 Å². The zero-order valence-electron chi connectivity index (χ0n) is 13.3. The van der Waals surface area contributed by atoms with Crippen molar-refractivity contribution in [2.24, 2.45) is 0 Å². The minimum Gasteiger partial charge on any atom is -0.432 e. The summed E-state index contributed by atoms with van der Waals surface area (Å²) in [7, 11) is 0. The van der Waals surface area contributed by atoms with Crippen molar-refractivity contribution < 1.29 is 22.3 Å². The number of ether oxygens (including phenoxy) is 1. The van der Waals surface area contributed by atoms with Crippen LogP contribution in [0.15, 0.2) is 60.7 Å². The van der Waals surface area contributed by atoms with Crippen molar-refractivity contribution in [3.63, 3.8) is 0 Å². The Hall–Kier alpha value is -2.82. The molecule has 0 unspecified atom stereocenters. The maximum absolute atomic E-state index is 14.5. The quantitative estimate of drug-likeness (QED) is 0.510. The van der Waals surface area contributed by atoms with Crippen LogP contribution in [0, 0.1) is 18.6 Å². The molecular formula is C20H14F4O. The molecule has 0 spiro atoms. The van der Waals surface area contributed by atoms with Gasteiger partial charge in [0.25, 0.3) is 0 Å². The van der Waals surface area contributed by atoms with E-state index in [0.717, 1.165) is 23.3 Å². The van der Waals surface area contributed by atoms with E-state index in [2.05, 4.69) is 4.74 Å². The summed E-state index contributed by atoms with van der Waals surface area (Å²) in [5.74, 6) is -2.07. The van der Waals surface area contributed by atoms with Crippen molar-refractivity contribution in [2.45, 2.75) is 13.5 Å². The number of aryl methyl sites for hydroxylation is 1. The third-order valence-electron chi connectivity index (χ3n) is 3.81. The van der Waals surface area contributed by atoms with Crippen LogP contribution < -0.4 is 4.74 Å². The Kier molecular flexibility index (Phi) is 4.74. The van der Waals surface area contributed by atoms with E-state index in [4.69, 9.17) is 0 Å². The molecular weight excluding hydrogens is 332 g/mol. The monoisotopic (exact) mass is 346 g/mol. The lowest BCUT2D eigenvalue weighted by atomic mass is 9.99. The van der Waals surface area contributed by atoms with Gasteiger partial charge in [-0.25, -0.2) is 8.78 Å². The molecule has 0 radical (unpaired) electrons. The number of hydrogen-bond donors (Lipinski definition) is 0. The Bertz CT molecular complexity index is 889. The van der Waals surface area contributed by atoms with Crippen LogP contribution in [0.4, 0.5) is 17.6 Å². The standard InChI is InChI=1S/C20H14F4O/c1-12-2-4-13(5-3-12)14-6-8-16(17(21)10-14)15-7-9-19(18(22)11-15)25-20(23)24/h2-11,20H,1H3. The molecule has 0 heterocycles. The molecule has 3 rings (SSSR count). The molecule has 25 heavy (non-hydrogen) atoms. The summed E-state index contributed by atoms with van der Waals surface area (Å²) < 4.78 is 56.7. The number of rotatable bonds is 4. The maximum Gasteiger partial charge on any atom is 0.387 e. The Morgan fingerprint density at radius 3 is 1.92 bits per heavy atom. The lowest BCUT2D eigenvalue weighted by Crippen LogP contribution is -2.03. The van der Waals surface area contributed by atoms with E-state index in [1.807, 2.05) is 31.2 Å². The second-order valence-electron chi connectivity index (χ2n) is 5.58. The molecule has 0 fully saturated rings. The predicted molar refractivity (Wildman–Crippen MR) is 88.6 cm³/mol. The molecule has 3 aromatic rings. The third kappa shape index (κ3) is 3.82. The van der Waals surface area contributed by atoms with E-state index in [9.17, 15) is 17.6 Å². The fraction of sp³-hybridized carbons (Fsp3) is 0.100. The summed E-state index contributed by atoms with van der Waals surface area (Å²) in [6, 6.07) is 15.6. The molecule has 1 nitrogen and oxygen atoms in total. The molecule has 0 atom stereocenters. The highest BCUT2D eigenvalue weighted by atomic mass is 19.3. The molecule has 0 saturated heterocycles. The Morgan fingerprint density at radius 1 is 0.720 bits per heavy atom. The first-order chi connectivity index (χ1) is 11.9. The highest BCUT2D eigenvalue weighted by Crippen LogP contribution is 2.31. The van der Waals surface area contributed by atoms with Crippen LogP contribution in [-0.4, -0.2) is 6.61 Å². The average molecular weight is 346 g/mol. The summed E-state index contributed by atoms with van der Waals surface area (Å²) in [6.45, 7) is -1.16. The van der Waals surface area contributed by atoms with Gasteiger partial charge in [-0.1, -0.05) is 48.0 Å². The molecule has 3 aromatic carbocycles. The molecule has 0 aliphatic rings. The van der Waals surface area contributed by atoms with Crippen molar-refractivity contribution in [1.29, 1.82) is 0 Å². The SMILES string of the molecule is Cc1ccc(-c2ccc(-c3ccc(OC(F)F)c(F)c3)c(F)c2)cc1. The number of hydrogen-bond acceptors (Lipinski definition) is 1. The molecule has 0 saturated carbocycles. The summed E-state index contributed by atoms with van der Waals surface area (Å²) in [5, 5.41) is 0. The molecule has 0 aliphatic carbocycles. The van der Waals surface area contributed by atoms with Gasteiger partial charge in [-0.15, -0.1) is 0 Å². The van der Waals surface area contributed by atoms with E-state index >= 15 is 0 Å². The zero-order valence-corrected chi connectivity index (χ0v) is 13.3. The Morgan fingerprint density at radius 2 is 1.32 bits per heavy atom. The van der Waals surface area contributed by atoms with E-state index in [1.54, 1.807) is 6.07 Å². The van der Waals surface area contributed by atoms with Crippen molar-refractivity contribution in [3.8, 4) is 28.0 Å². The second-order valence-corrected chi connectivity index (χ2v) is 5.58. The number of halogens is 4. The smallest absolute Gasteiger partial charge is 0.387 e. The van der Waals surface area contributed by atoms with Gasteiger partial charge in [-0.2, -0.15) is 8.78 Å². The largest absolute Gasteiger partial charge is 0.432 e. The Balaban J connectivity index is 1.93. The normalized spacial score (nSPS) is 11.0. The highest BCUT2D eigenvalue weighted by molar-refractivity contribution is 5.71. The molecule has 0 N–H and O–H groups in total. The van der Waals surface area contributed by atoms with Crippen molar-refractivity contribution >= 4 is 0 Å². The molecule has 5 heteroatoms. The predicted octanol–water partition coefficient (Wildman–Crippen LogP) is 6.21. The molecule has 0 aromatic heterocycles. The van der Waals surface area contributed by atoms with Gasteiger partial charge in [0.1, 0.15) is 5.82 Å². The van der Waals surface area contributed by atoms with E-state index in [1.165, 1.54) is 18.2 Å². The first-order valence-corrected chi connectivity index (χ1v) is 7.55. The van der Waals surface area contributed by atoms with Gasteiger partial charge in [0.05, 0.1) is 0 Å². The van der Waals surface area contributed by atoms with Crippen LogP contribution in [0.25, 0.3) is 22.3 Å². The molecule has 0 aliphatic heterocycles. The van der Waals surface area contributed by atoms with Gasteiger partial charge in [0, 0.05) is 5.56 Å². The van der Waals surface area contributed by atoms with Gasteiger partial charge < -0.3 is 4.74 Å². The van der Waals surface area contributed by atoms with E-state index in [-0.39, 0.29) is 11.1 Å². The molecule has 0 amide bonds. The fourth-order valence-electron chi connectivity index (χ4n) is 2.53. The maximum atomic E-state index is 14.5. The first-order valence-electron chi connectivity index (χ1n) is 7.55. The van der Waals surface area contributed by atoms with E-state index < -0.39 is 24.0 Å². The van der Waals surface area contributed by atoms with E-state index in [0.29, 0.717) is 5.56 Å². The summed E-state index contributed by atoms with van der Waals surface area (Å²) in [5.41, 5.74) is 3.08. The topological polar surface area (TPSA) is 9.23 Å². The van der Waals surface area contributed by atoms with Gasteiger partial charge >= 0.3 is 6.61 Å². The minimum atomic E-state index is -3.12. The minimum absolute atomic E-state index is 0.179. The van der Waals surface area contributed by atoms with Crippen molar-refractivity contribution in [2.75, 3.05) is 0 Å². The van der Waals surface area contributed by atoms with Crippen LogP contribution >= 0.6 is 0 Å². The van der Waals surface area contributed by atoms with Gasteiger partial charge in [0.15, 0.2) is 11.6 Å². The van der Waals surface area contributed by atoms with Crippen molar-refractivity contribution in [1.82, 2.24) is 0 Å². The summed E-state index contributed by atoms with van der Waals surface area (Å²) in [6.07, 6.45) is 0. The number of benzene rings is 3. The fourth-order valence-corrected chi connectivity index (χ4v) is 2.53. The lowest BCUT2D eigenvalue weighted by Gasteiger charge is -2.10. The number of alkyl halides is 2. The average Bonchev–Trinajstić information content (AvgIpc) is 2.57. The van der Waals surface area contributed by atoms with Gasteiger partial charge in [-0.3, -0.25) is 0 Å². The van der Waals surface area contributed by atoms with Gasteiger partial charge in [-0.05, 0) is 41.8 Å².